The molecule has 0 aliphatic heterocycles. The lowest BCUT2D eigenvalue weighted by Gasteiger charge is -2.10. The van der Waals surface area contributed by atoms with Crippen molar-refractivity contribution in [3.05, 3.63) is 46.1 Å². The van der Waals surface area contributed by atoms with Crippen molar-refractivity contribution in [3.8, 4) is 5.88 Å². The van der Waals surface area contributed by atoms with Crippen LogP contribution >= 0.6 is 15.9 Å². The summed E-state index contributed by atoms with van der Waals surface area (Å²) in [4.78, 5) is 11.7. The third kappa shape index (κ3) is 3.14. The van der Waals surface area contributed by atoms with Crippen LogP contribution in [0.25, 0.3) is 0 Å². The molecule has 0 bridgehead atoms. The van der Waals surface area contributed by atoms with Crippen molar-refractivity contribution in [2.75, 3.05) is 7.11 Å². The molecule has 0 fully saturated rings. The molecule has 19 heavy (non-hydrogen) atoms. The second kappa shape index (κ2) is 5.88. The molecule has 6 heteroatoms. The standard InChI is InChI=1S/C13H13BrN2O3/c1-16-7-6-12(15-16)19-8-10-9(13(17)18-2)4-3-5-11(10)14/h3-7H,8H2,1-2H3. The minimum absolute atomic E-state index is 0.239. The Kier molecular flexibility index (Phi) is 4.21. The first-order valence-electron chi connectivity index (χ1n) is 5.60. The van der Waals surface area contributed by atoms with Crippen LogP contribution in [0.3, 0.4) is 0 Å². The van der Waals surface area contributed by atoms with Crippen LogP contribution in [0.5, 0.6) is 5.88 Å². The van der Waals surface area contributed by atoms with Crippen LogP contribution in [-0.2, 0) is 18.4 Å². The van der Waals surface area contributed by atoms with Crippen molar-refractivity contribution in [1.82, 2.24) is 9.78 Å². The topological polar surface area (TPSA) is 53.4 Å². The molecule has 5 nitrogen and oxygen atoms in total. The van der Waals surface area contributed by atoms with E-state index in [2.05, 4.69) is 21.0 Å². The van der Waals surface area contributed by atoms with Crippen molar-refractivity contribution in [3.63, 3.8) is 0 Å². The fraction of sp³-hybridized carbons (Fsp3) is 0.231. The number of aryl methyl sites for hydroxylation is 1. The van der Waals surface area contributed by atoms with Gasteiger partial charge in [0.2, 0.25) is 5.88 Å². The number of esters is 1. The second-order valence-corrected chi connectivity index (χ2v) is 4.73. The Hall–Kier alpha value is -1.82. The van der Waals surface area contributed by atoms with Crippen molar-refractivity contribution in [1.29, 1.82) is 0 Å². The highest BCUT2D eigenvalue weighted by molar-refractivity contribution is 9.10. The van der Waals surface area contributed by atoms with Crippen LogP contribution in [0.4, 0.5) is 0 Å². The molecule has 0 unspecified atom stereocenters. The predicted octanol–water partition coefficient (Wildman–Crippen LogP) is 2.55. The Labute approximate surface area is 119 Å². The van der Waals surface area contributed by atoms with Gasteiger partial charge in [-0.3, -0.25) is 4.68 Å². The van der Waals surface area contributed by atoms with Gasteiger partial charge in [-0.05, 0) is 12.1 Å². The number of halogens is 1. The van der Waals surface area contributed by atoms with E-state index in [4.69, 9.17) is 9.47 Å². The Bertz CT molecular complexity index is 595. The SMILES string of the molecule is COC(=O)c1cccc(Br)c1COc1ccn(C)n1. The van der Waals surface area contributed by atoms with E-state index in [1.807, 2.05) is 13.1 Å². The van der Waals surface area contributed by atoms with E-state index in [0.29, 0.717) is 11.4 Å². The number of benzene rings is 1. The lowest BCUT2D eigenvalue weighted by Crippen LogP contribution is -2.09. The van der Waals surface area contributed by atoms with Gasteiger partial charge in [-0.25, -0.2) is 4.79 Å². The van der Waals surface area contributed by atoms with Crippen molar-refractivity contribution in [2.24, 2.45) is 7.05 Å². The van der Waals surface area contributed by atoms with Gasteiger partial charge < -0.3 is 9.47 Å². The lowest BCUT2D eigenvalue weighted by molar-refractivity contribution is 0.0597. The van der Waals surface area contributed by atoms with Gasteiger partial charge in [0.15, 0.2) is 0 Å². The van der Waals surface area contributed by atoms with Crippen LogP contribution < -0.4 is 4.74 Å². The molecular weight excluding hydrogens is 312 g/mol. The van der Waals surface area contributed by atoms with Gasteiger partial charge in [0.05, 0.1) is 12.7 Å². The molecule has 2 rings (SSSR count). The number of carbonyl (C=O) groups excluding carboxylic acids is 1. The van der Waals surface area contributed by atoms with Crippen LogP contribution in [0.15, 0.2) is 34.9 Å². The van der Waals surface area contributed by atoms with Crippen LogP contribution in [-0.4, -0.2) is 22.9 Å². The number of methoxy groups -OCH3 is 1. The van der Waals surface area contributed by atoms with E-state index in [1.165, 1.54) is 7.11 Å². The maximum absolute atomic E-state index is 11.7. The zero-order chi connectivity index (χ0) is 13.8. The lowest BCUT2D eigenvalue weighted by atomic mass is 10.1. The molecule has 1 heterocycles. The maximum atomic E-state index is 11.7. The third-order valence-corrected chi connectivity index (χ3v) is 3.32. The summed E-state index contributed by atoms with van der Waals surface area (Å²) >= 11 is 3.41. The Balaban J connectivity index is 2.21. The Morgan fingerprint density at radius 1 is 1.42 bits per heavy atom. The van der Waals surface area contributed by atoms with Gasteiger partial charge in [-0.15, -0.1) is 5.10 Å². The minimum Gasteiger partial charge on any atom is -0.472 e. The van der Waals surface area contributed by atoms with Crippen molar-refractivity contribution >= 4 is 21.9 Å². The monoisotopic (exact) mass is 324 g/mol. The summed E-state index contributed by atoms with van der Waals surface area (Å²) in [5.74, 6) is 0.120. The summed E-state index contributed by atoms with van der Waals surface area (Å²) in [6.45, 7) is 0.239. The first-order chi connectivity index (χ1) is 9.11. The van der Waals surface area contributed by atoms with Gasteiger partial charge in [-0.1, -0.05) is 22.0 Å². The highest BCUT2D eigenvalue weighted by Gasteiger charge is 2.15. The molecule has 2 aromatic rings. The smallest absolute Gasteiger partial charge is 0.338 e. The molecule has 0 saturated heterocycles. The molecule has 1 aromatic heterocycles. The average molecular weight is 325 g/mol. The number of ether oxygens (including phenoxy) is 2. The molecule has 0 atom stereocenters. The molecule has 0 aliphatic carbocycles. The van der Waals surface area contributed by atoms with Crippen molar-refractivity contribution < 1.29 is 14.3 Å². The Morgan fingerprint density at radius 2 is 2.21 bits per heavy atom. The van der Waals surface area contributed by atoms with Gasteiger partial charge in [0, 0.05) is 29.3 Å². The summed E-state index contributed by atoms with van der Waals surface area (Å²) < 4.78 is 12.8. The summed E-state index contributed by atoms with van der Waals surface area (Å²) in [5.41, 5.74) is 1.22. The number of nitrogens with zero attached hydrogens (tertiary/aromatic N) is 2. The first kappa shape index (κ1) is 13.6. The average Bonchev–Trinajstić information content (AvgIpc) is 2.82. The molecule has 0 amide bonds. The maximum Gasteiger partial charge on any atom is 0.338 e. The van der Waals surface area contributed by atoms with Gasteiger partial charge >= 0.3 is 5.97 Å². The number of carbonyl (C=O) groups is 1. The third-order valence-electron chi connectivity index (χ3n) is 2.58. The number of aromatic nitrogens is 2. The van der Waals surface area contributed by atoms with Crippen LogP contribution in [0.1, 0.15) is 15.9 Å². The van der Waals surface area contributed by atoms with E-state index in [1.54, 1.807) is 29.1 Å². The molecule has 0 radical (unpaired) electrons. The summed E-state index contributed by atoms with van der Waals surface area (Å²) in [6.07, 6.45) is 1.79. The normalized spacial score (nSPS) is 10.3. The molecule has 0 spiro atoms. The molecule has 0 N–H and O–H groups in total. The zero-order valence-electron chi connectivity index (χ0n) is 10.6. The van der Waals surface area contributed by atoms with Gasteiger partial charge in [-0.2, -0.15) is 0 Å². The highest BCUT2D eigenvalue weighted by atomic mass is 79.9. The molecular formula is C13H13BrN2O3. The fourth-order valence-electron chi connectivity index (χ4n) is 1.62. The van der Waals surface area contributed by atoms with Gasteiger partial charge in [0.25, 0.3) is 0 Å². The minimum atomic E-state index is -0.388. The highest BCUT2D eigenvalue weighted by Crippen LogP contribution is 2.23. The van der Waals surface area contributed by atoms with Crippen LogP contribution in [0.2, 0.25) is 0 Å². The second-order valence-electron chi connectivity index (χ2n) is 3.87. The van der Waals surface area contributed by atoms with E-state index in [9.17, 15) is 4.79 Å². The summed E-state index contributed by atoms with van der Waals surface area (Å²) in [6, 6.07) is 7.09. The van der Waals surface area contributed by atoms with E-state index in [-0.39, 0.29) is 12.6 Å². The van der Waals surface area contributed by atoms with Gasteiger partial charge in [0.1, 0.15) is 6.61 Å². The van der Waals surface area contributed by atoms with Crippen molar-refractivity contribution in [2.45, 2.75) is 6.61 Å². The number of rotatable bonds is 4. The zero-order valence-corrected chi connectivity index (χ0v) is 12.2. The number of hydrogen-bond donors (Lipinski definition) is 0. The number of hydrogen-bond acceptors (Lipinski definition) is 4. The fourth-order valence-corrected chi connectivity index (χ4v) is 2.10. The summed E-state index contributed by atoms with van der Waals surface area (Å²) in [7, 11) is 3.16. The van der Waals surface area contributed by atoms with Crippen LogP contribution in [0, 0.1) is 0 Å². The first-order valence-corrected chi connectivity index (χ1v) is 6.39. The molecule has 100 valence electrons. The Morgan fingerprint density at radius 3 is 2.84 bits per heavy atom. The molecule has 1 aromatic carbocycles. The van der Waals surface area contributed by atoms with E-state index in [0.717, 1.165) is 10.0 Å². The largest absolute Gasteiger partial charge is 0.472 e. The quantitative estimate of drug-likeness (QED) is 0.811. The van der Waals surface area contributed by atoms with E-state index >= 15 is 0 Å². The summed E-state index contributed by atoms with van der Waals surface area (Å²) in [5, 5.41) is 4.11. The molecule has 0 saturated carbocycles. The van der Waals surface area contributed by atoms with E-state index < -0.39 is 0 Å². The predicted molar refractivity (Wildman–Crippen MR) is 73.0 cm³/mol. The molecule has 0 aliphatic rings.